The number of aromatic nitrogens is 4. The highest BCUT2D eigenvalue weighted by Crippen LogP contribution is 2.40. The van der Waals surface area contributed by atoms with Crippen molar-refractivity contribution in [2.24, 2.45) is 5.92 Å². The largest absolute Gasteiger partial charge is 0.480 e. The molecule has 126 valence electrons. The van der Waals surface area contributed by atoms with E-state index >= 15 is 0 Å². The number of fused-ring (bicyclic) bond motifs is 1. The van der Waals surface area contributed by atoms with E-state index in [1.807, 2.05) is 30.3 Å². The molecule has 1 N–H and O–H groups in total. The Morgan fingerprint density at radius 2 is 2.00 bits per heavy atom. The monoisotopic (exact) mass is 327 g/mol. The van der Waals surface area contributed by atoms with Gasteiger partial charge in [0.05, 0.1) is 12.2 Å². The third kappa shape index (κ3) is 2.69. The van der Waals surface area contributed by atoms with E-state index in [9.17, 15) is 9.90 Å². The zero-order chi connectivity index (χ0) is 16.5. The SMILES string of the molecule is O=C(O)[C@@H]1C[C@@H]2CCCC[C@@H]2N1Cc1nnnn1-c1ccccc1. The molecule has 1 aliphatic carbocycles. The molecule has 3 atom stereocenters. The van der Waals surface area contributed by atoms with Crippen LogP contribution in [0.2, 0.25) is 0 Å². The first-order chi connectivity index (χ1) is 11.7. The summed E-state index contributed by atoms with van der Waals surface area (Å²) in [7, 11) is 0. The summed E-state index contributed by atoms with van der Waals surface area (Å²) in [5.74, 6) is 0.447. The number of rotatable bonds is 4. The van der Waals surface area contributed by atoms with Crippen LogP contribution in [0.5, 0.6) is 0 Å². The smallest absolute Gasteiger partial charge is 0.320 e. The molecular formula is C17H21N5O2. The molecule has 24 heavy (non-hydrogen) atoms. The first-order valence-electron chi connectivity index (χ1n) is 8.55. The number of tetrazole rings is 1. The molecule has 4 rings (SSSR count). The van der Waals surface area contributed by atoms with Crippen LogP contribution in [-0.4, -0.2) is 48.3 Å². The van der Waals surface area contributed by atoms with Crippen molar-refractivity contribution in [3.05, 3.63) is 36.2 Å². The van der Waals surface area contributed by atoms with Crippen LogP contribution in [0.4, 0.5) is 0 Å². The second-order valence-electron chi connectivity index (χ2n) is 6.72. The molecular weight excluding hydrogens is 306 g/mol. The molecule has 0 bridgehead atoms. The number of likely N-dealkylation sites (tertiary alicyclic amines) is 1. The Bertz CT molecular complexity index is 717. The maximum absolute atomic E-state index is 11.7. The van der Waals surface area contributed by atoms with Crippen LogP contribution in [0.25, 0.3) is 5.69 Å². The Labute approximate surface area is 140 Å². The van der Waals surface area contributed by atoms with Gasteiger partial charge < -0.3 is 5.11 Å². The summed E-state index contributed by atoms with van der Waals surface area (Å²) >= 11 is 0. The van der Waals surface area contributed by atoms with E-state index in [2.05, 4.69) is 20.4 Å². The lowest BCUT2D eigenvalue weighted by atomic mass is 9.85. The number of aliphatic carboxylic acids is 1. The van der Waals surface area contributed by atoms with Crippen LogP contribution in [0, 0.1) is 5.92 Å². The minimum absolute atomic E-state index is 0.334. The Morgan fingerprint density at radius 1 is 1.21 bits per heavy atom. The summed E-state index contributed by atoms with van der Waals surface area (Å²) in [6.07, 6.45) is 5.33. The molecule has 1 saturated heterocycles. The molecule has 2 heterocycles. The Hall–Kier alpha value is -2.28. The number of nitrogens with zero attached hydrogens (tertiary/aromatic N) is 5. The summed E-state index contributed by atoms with van der Waals surface area (Å²) in [5, 5.41) is 21.7. The fourth-order valence-corrected chi connectivity index (χ4v) is 4.26. The van der Waals surface area contributed by atoms with Crippen molar-refractivity contribution in [3.8, 4) is 5.69 Å². The average molecular weight is 327 g/mol. The van der Waals surface area contributed by atoms with Crippen molar-refractivity contribution >= 4 is 5.97 Å². The van der Waals surface area contributed by atoms with E-state index in [-0.39, 0.29) is 0 Å². The van der Waals surface area contributed by atoms with Gasteiger partial charge in [-0.15, -0.1) is 5.10 Å². The minimum Gasteiger partial charge on any atom is -0.480 e. The first-order valence-corrected chi connectivity index (χ1v) is 8.55. The lowest BCUT2D eigenvalue weighted by molar-refractivity contribution is -0.143. The zero-order valence-corrected chi connectivity index (χ0v) is 13.5. The number of hydrogen-bond donors (Lipinski definition) is 1. The Morgan fingerprint density at radius 3 is 2.79 bits per heavy atom. The zero-order valence-electron chi connectivity index (χ0n) is 13.5. The van der Waals surface area contributed by atoms with Gasteiger partial charge in [0, 0.05) is 6.04 Å². The van der Waals surface area contributed by atoms with E-state index < -0.39 is 12.0 Å². The molecule has 7 nitrogen and oxygen atoms in total. The highest BCUT2D eigenvalue weighted by Gasteiger charge is 2.45. The molecule has 2 aromatic rings. The highest BCUT2D eigenvalue weighted by atomic mass is 16.4. The lowest BCUT2D eigenvalue weighted by Crippen LogP contribution is -2.42. The molecule has 7 heteroatoms. The number of benzene rings is 1. The predicted molar refractivity (Wildman–Crippen MR) is 86.5 cm³/mol. The van der Waals surface area contributed by atoms with Gasteiger partial charge in [-0.05, 0) is 47.7 Å². The molecule has 1 aliphatic heterocycles. The minimum atomic E-state index is -0.733. The van der Waals surface area contributed by atoms with E-state index in [4.69, 9.17) is 0 Å². The number of carbonyl (C=O) groups is 1. The summed E-state index contributed by atoms with van der Waals surface area (Å²) in [6, 6.07) is 9.62. The summed E-state index contributed by atoms with van der Waals surface area (Å²) < 4.78 is 1.70. The van der Waals surface area contributed by atoms with Crippen molar-refractivity contribution in [2.45, 2.75) is 50.7 Å². The van der Waals surface area contributed by atoms with Gasteiger partial charge in [-0.1, -0.05) is 31.0 Å². The molecule has 0 spiro atoms. The molecule has 2 fully saturated rings. The maximum Gasteiger partial charge on any atom is 0.320 e. The average Bonchev–Trinajstić information content (AvgIpc) is 3.21. The van der Waals surface area contributed by atoms with Crippen LogP contribution in [0.3, 0.4) is 0 Å². The standard InChI is InChI=1S/C17H21N5O2/c23-17(24)15-10-12-6-4-5-9-14(12)21(15)11-16-18-19-20-22(16)13-7-2-1-3-8-13/h1-3,7-8,12,14-15H,4-6,9-11H2,(H,23,24)/t12-,14-,15-/m0/s1. The van der Waals surface area contributed by atoms with Crippen molar-refractivity contribution < 1.29 is 9.90 Å². The van der Waals surface area contributed by atoms with Crippen LogP contribution in [0.1, 0.15) is 37.9 Å². The summed E-state index contributed by atoms with van der Waals surface area (Å²) in [6.45, 7) is 0.472. The quantitative estimate of drug-likeness (QED) is 0.923. The van der Waals surface area contributed by atoms with Gasteiger partial charge in [-0.25, -0.2) is 0 Å². The molecule has 1 saturated carbocycles. The molecule has 0 unspecified atom stereocenters. The molecule has 0 radical (unpaired) electrons. The number of para-hydroxylation sites is 1. The van der Waals surface area contributed by atoms with Crippen molar-refractivity contribution in [1.82, 2.24) is 25.1 Å². The summed E-state index contributed by atoms with van der Waals surface area (Å²) in [4.78, 5) is 13.8. The van der Waals surface area contributed by atoms with Crippen LogP contribution >= 0.6 is 0 Å². The van der Waals surface area contributed by atoms with Crippen molar-refractivity contribution in [2.75, 3.05) is 0 Å². The third-order valence-corrected chi connectivity index (χ3v) is 5.37. The molecule has 1 aromatic carbocycles. The highest BCUT2D eigenvalue weighted by molar-refractivity contribution is 5.74. The molecule has 1 aromatic heterocycles. The van der Waals surface area contributed by atoms with Gasteiger partial charge in [-0.3, -0.25) is 9.69 Å². The fourth-order valence-electron chi connectivity index (χ4n) is 4.26. The fraction of sp³-hybridized carbons (Fsp3) is 0.529. The van der Waals surface area contributed by atoms with Crippen LogP contribution in [-0.2, 0) is 11.3 Å². The van der Waals surface area contributed by atoms with Gasteiger partial charge in [-0.2, -0.15) is 4.68 Å². The van der Waals surface area contributed by atoms with E-state index in [1.54, 1.807) is 4.68 Å². The second kappa shape index (κ2) is 6.32. The van der Waals surface area contributed by atoms with Crippen molar-refractivity contribution in [3.63, 3.8) is 0 Å². The van der Waals surface area contributed by atoms with Gasteiger partial charge in [0.15, 0.2) is 5.82 Å². The number of carboxylic acid groups (broad SMARTS) is 1. The van der Waals surface area contributed by atoms with E-state index in [0.29, 0.717) is 24.3 Å². The predicted octanol–water partition coefficient (Wildman–Crippen LogP) is 1.88. The van der Waals surface area contributed by atoms with Gasteiger partial charge in [0.1, 0.15) is 6.04 Å². The molecule has 0 amide bonds. The maximum atomic E-state index is 11.7. The van der Waals surface area contributed by atoms with E-state index in [1.165, 1.54) is 12.8 Å². The third-order valence-electron chi connectivity index (χ3n) is 5.37. The van der Waals surface area contributed by atoms with Crippen LogP contribution in [0.15, 0.2) is 30.3 Å². The van der Waals surface area contributed by atoms with Gasteiger partial charge >= 0.3 is 5.97 Å². The summed E-state index contributed by atoms with van der Waals surface area (Å²) in [5.41, 5.74) is 0.892. The Kier molecular flexibility index (Phi) is 4.02. The van der Waals surface area contributed by atoms with Gasteiger partial charge in [0.2, 0.25) is 0 Å². The first kappa shape index (κ1) is 15.3. The lowest BCUT2D eigenvalue weighted by Gasteiger charge is -2.32. The number of hydrogen-bond acceptors (Lipinski definition) is 5. The molecule has 2 aliphatic rings. The van der Waals surface area contributed by atoms with E-state index in [0.717, 1.165) is 24.9 Å². The number of carboxylic acids is 1. The topological polar surface area (TPSA) is 84.1 Å². The Balaban J connectivity index is 1.62. The normalized spacial score (nSPS) is 27.1. The van der Waals surface area contributed by atoms with Gasteiger partial charge in [0.25, 0.3) is 0 Å². The second-order valence-corrected chi connectivity index (χ2v) is 6.72. The van der Waals surface area contributed by atoms with Crippen molar-refractivity contribution in [1.29, 1.82) is 0 Å². The van der Waals surface area contributed by atoms with Crippen LogP contribution < -0.4 is 0 Å².